The van der Waals surface area contributed by atoms with Gasteiger partial charge in [-0.3, -0.25) is 4.79 Å². The maximum atomic E-state index is 13.5. The van der Waals surface area contributed by atoms with Crippen LogP contribution in [0.1, 0.15) is 45.6 Å². The molecule has 33 heavy (non-hydrogen) atoms. The summed E-state index contributed by atoms with van der Waals surface area (Å²) in [6.45, 7) is 5.26. The first-order chi connectivity index (χ1) is 15.5. The lowest BCUT2D eigenvalue weighted by atomic mass is 9.84. The average molecular weight is 479 g/mol. The van der Waals surface area contributed by atoms with E-state index < -0.39 is 28.3 Å². The van der Waals surface area contributed by atoms with Gasteiger partial charge in [0.05, 0.1) is 13.2 Å². The molecule has 1 fully saturated rings. The molecule has 0 radical (unpaired) electrons. The van der Waals surface area contributed by atoms with E-state index in [9.17, 15) is 23.4 Å². The fourth-order valence-corrected chi connectivity index (χ4v) is 5.86. The Balaban J connectivity index is 2.01. The van der Waals surface area contributed by atoms with Gasteiger partial charge >= 0.3 is 0 Å². The smallest absolute Gasteiger partial charge is 0.247 e. The Hall–Kier alpha value is -2.12. The molecule has 1 saturated carbocycles. The quantitative estimate of drug-likeness (QED) is 0.621. The van der Waals surface area contributed by atoms with Crippen LogP contribution in [0.2, 0.25) is 0 Å². The summed E-state index contributed by atoms with van der Waals surface area (Å²) < 4.78 is 34.5. The molecule has 182 valence electrons. The highest BCUT2D eigenvalue weighted by atomic mass is 32.2. The normalized spacial score (nSPS) is 24.5. The number of amides is 1. The molecule has 4 atom stereocenters. The molecule has 1 heterocycles. The van der Waals surface area contributed by atoms with Crippen molar-refractivity contribution in [2.45, 2.75) is 63.2 Å². The first-order valence-electron chi connectivity index (χ1n) is 11.4. The summed E-state index contributed by atoms with van der Waals surface area (Å²) in [4.78, 5) is 14.4. The monoisotopic (exact) mass is 478 g/mol. The molecule has 1 amide bonds. The van der Waals surface area contributed by atoms with Crippen LogP contribution in [-0.2, 0) is 14.8 Å². The molecule has 0 bridgehead atoms. The standard InChI is InChI=1S/C24H34N2O6S/c1-16-13-26(17(2)15-27)33(30,31)23-11-10-19(9-8-18(3)28)12-21(23)32-22(16)14-25(4)24(29)20-6-5-7-20/h10-12,16-18,20,22,27-28H,5-7,13-15H2,1-4H3/t16-,17+,18-,22+/m1/s1. The Morgan fingerprint density at radius 2 is 2.03 bits per heavy atom. The second-order valence-electron chi connectivity index (χ2n) is 9.19. The van der Waals surface area contributed by atoms with E-state index >= 15 is 0 Å². The molecule has 8 nitrogen and oxygen atoms in total. The van der Waals surface area contributed by atoms with Crippen molar-refractivity contribution in [1.29, 1.82) is 0 Å². The van der Waals surface area contributed by atoms with Crippen LogP contribution in [0.5, 0.6) is 5.75 Å². The van der Waals surface area contributed by atoms with Gasteiger partial charge in [0.2, 0.25) is 15.9 Å². The highest BCUT2D eigenvalue weighted by Gasteiger charge is 2.39. The number of aliphatic hydroxyl groups excluding tert-OH is 2. The Kier molecular flexibility index (Phi) is 8.06. The fraction of sp³-hybridized carbons (Fsp3) is 0.625. The van der Waals surface area contributed by atoms with E-state index in [4.69, 9.17) is 4.74 Å². The van der Waals surface area contributed by atoms with Crippen LogP contribution < -0.4 is 4.74 Å². The molecule has 3 rings (SSSR count). The minimum atomic E-state index is -3.94. The highest BCUT2D eigenvalue weighted by Crippen LogP contribution is 2.34. The summed E-state index contributed by atoms with van der Waals surface area (Å²) in [5.41, 5.74) is 0.512. The van der Waals surface area contributed by atoms with Gasteiger partial charge in [0, 0.05) is 37.0 Å². The van der Waals surface area contributed by atoms with Gasteiger partial charge in [-0.2, -0.15) is 4.31 Å². The third-order valence-corrected chi connectivity index (χ3v) is 8.40. The average Bonchev–Trinajstić information content (AvgIpc) is 2.72. The van der Waals surface area contributed by atoms with Gasteiger partial charge in [-0.25, -0.2) is 8.42 Å². The topological polar surface area (TPSA) is 107 Å². The van der Waals surface area contributed by atoms with Gasteiger partial charge in [-0.1, -0.05) is 25.2 Å². The SMILES string of the molecule is C[C@@H]1CN([C@@H](C)CO)S(=O)(=O)c2ccc(C#C[C@@H](C)O)cc2O[C@H]1CN(C)C(=O)C1CCC1. The lowest BCUT2D eigenvalue weighted by Gasteiger charge is -2.38. The fourth-order valence-electron chi connectivity index (χ4n) is 4.04. The van der Waals surface area contributed by atoms with E-state index in [1.165, 1.54) is 10.4 Å². The summed E-state index contributed by atoms with van der Waals surface area (Å²) in [5.74, 6) is 5.53. The van der Waals surface area contributed by atoms with Gasteiger partial charge in [0.25, 0.3) is 0 Å². The summed E-state index contributed by atoms with van der Waals surface area (Å²) in [5, 5.41) is 19.2. The van der Waals surface area contributed by atoms with E-state index in [1.807, 2.05) is 6.92 Å². The Bertz CT molecular complexity index is 1030. The molecular formula is C24H34N2O6S. The third-order valence-electron chi connectivity index (χ3n) is 6.38. The summed E-state index contributed by atoms with van der Waals surface area (Å²) in [6.07, 6.45) is 1.59. The summed E-state index contributed by atoms with van der Waals surface area (Å²) >= 11 is 0. The summed E-state index contributed by atoms with van der Waals surface area (Å²) in [7, 11) is -2.19. The molecule has 0 saturated heterocycles. The number of fused-ring (bicyclic) bond motifs is 1. The van der Waals surface area contributed by atoms with Gasteiger partial charge in [-0.15, -0.1) is 0 Å². The Morgan fingerprint density at radius 1 is 1.33 bits per heavy atom. The van der Waals surface area contributed by atoms with Crippen LogP contribution in [-0.4, -0.2) is 78.7 Å². The van der Waals surface area contributed by atoms with E-state index in [1.54, 1.807) is 37.9 Å². The second-order valence-corrected chi connectivity index (χ2v) is 11.1. The molecule has 0 spiro atoms. The minimum absolute atomic E-state index is 0.00438. The number of carbonyl (C=O) groups is 1. The van der Waals surface area contributed by atoms with Crippen molar-refractivity contribution in [3.05, 3.63) is 23.8 Å². The predicted molar refractivity (Wildman–Crippen MR) is 124 cm³/mol. The van der Waals surface area contributed by atoms with Gasteiger partial charge in [0.1, 0.15) is 22.9 Å². The molecule has 9 heteroatoms. The number of hydrogen-bond donors (Lipinski definition) is 2. The van der Waals surface area contributed by atoms with Gasteiger partial charge in [-0.05, 0) is 44.9 Å². The minimum Gasteiger partial charge on any atom is -0.487 e. The van der Waals surface area contributed by atoms with Crippen molar-refractivity contribution in [2.75, 3.05) is 26.7 Å². The van der Waals surface area contributed by atoms with Crippen molar-refractivity contribution in [1.82, 2.24) is 9.21 Å². The number of carbonyl (C=O) groups excluding carboxylic acids is 1. The summed E-state index contributed by atoms with van der Waals surface area (Å²) in [6, 6.07) is 3.96. The number of benzene rings is 1. The zero-order chi connectivity index (χ0) is 24.3. The maximum Gasteiger partial charge on any atom is 0.247 e. The van der Waals surface area contributed by atoms with Crippen molar-refractivity contribution < 1.29 is 28.2 Å². The van der Waals surface area contributed by atoms with Gasteiger partial charge < -0.3 is 19.8 Å². The van der Waals surface area contributed by atoms with E-state index in [0.29, 0.717) is 12.1 Å². The first kappa shape index (κ1) is 25.5. The Labute approximate surface area is 196 Å². The van der Waals surface area contributed by atoms with Crippen molar-refractivity contribution in [3.8, 4) is 17.6 Å². The highest BCUT2D eigenvalue weighted by molar-refractivity contribution is 7.89. The maximum absolute atomic E-state index is 13.5. The lowest BCUT2D eigenvalue weighted by molar-refractivity contribution is -0.138. The molecule has 1 aromatic carbocycles. The molecule has 2 N–H and O–H groups in total. The largest absolute Gasteiger partial charge is 0.487 e. The number of aliphatic hydroxyl groups is 2. The van der Waals surface area contributed by atoms with E-state index in [2.05, 4.69) is 11.8 Å². The van der Waals surface area contributed by atoms with Crippen molar-refractivity contribution in [3.63, 3.8) is 0 Å². The third kappa shape index (κ3) is 5.69. The number of rotatable bonds is 5. The zero-order valence-corrected chi connectivity index (χ0v) is 20.5. The molecule has 2 aliphatic rings. The molecule has 0 unspecified atom stereocenters. The number of sulfonamides is 1. The molecule has 1 aromatic rings. The van der Waals surface area contributed by atoms with Crippen LogP contribution in [0.25, 0.3) is 0 Å². The van der Waals surface area contributed by atoms with Gasteiger partial charge in [0.15, 0.2) is 0 Å². The second kappa shape index (κ2) is 10.4. The van der Waals surface area contributed by atoms with Crippen LogP contribution in [0.15, 0.2) is 23.1 Å². The van der Waals surface area contributed by atoms with E-state index in [0.717, 1.165) is 19.3 Å². The van der Waals surface area contributed by atoms with Crippen LogP contribution in [0.4, 0.5) is 0 Å². The van der Waals surface area contributed by atoms with E-state index in [-0.39, 0.29) is 41.5 Å². The number of hydrogen-bond acceptors (Lipinski definition) is 6. The first-order valence-corrected chi connectivity index (χ1v) is 12.9. The van der Waals surface area contributed by atoms with Crippen LogP contribution in [0, 0.1) is 23.7 Å². The Morgan fingerprint density at radius 3 is 2.61 bits per heavy atom. The molecule has 1 aliphatic carbocycles. The van der Waals surface area contributed by atoms with Crippen LogP contribution in [0.3, 0.4) is 0 Å². The lowest BCUT2D eigenvalue weighted by Crippen LogP contribution is -2.50. The number of likely N-dealkylation sites (N-methyl/N-ethyl adjacent to an activating group) is 1. The van der Waals surface area contributed by atoms with Crippen molar-refractivity contribution >= 4 is 15.9 Å². The molecule has 1 aliphatic heterocycles. The van der Waals surface area contributed by atoms with Crippen molar-refractivity contribution in [2.24, 2.45) is 11.8 Å². The predicted octanol–water partition coefficient (Wildman–Crippen LogP) is 1.45. The van der Waals surface area contributed by atoms with Crippen LogP contribution >= 0.6 is 0 Å². The number of nitrogens with zero attached hydrogens (tertiary/aromatic N) is 2. The molecule has 0 aromatic heterocycles. The number of ether oxygens (including phenoxy) is 1. The zero-order valence-electron chi connectivity index (χ0n) is 19.7. The molecular weight excluding hydrogens is 444 g/mol.